The number of hydrogen-bond acceptors (Lipinski definition) is 2. The molecule has 0 atom stereocenters. The molecule has 0 unspecified atom stereocenters. The highest BCUT2D eigenvalue weighted by Crippen LogP contribution is 2.11. The van der Waals surface area contributed by atoms with Crippen LogP contribution in [0.25, 0.3) is 6.08 Å². The number of benzene rings is 1. The summed E-state index contributed by atoms with van der Waals surface area (Å²) in [6.07, 6.45) is 17.9. The minimum absolute atomic E-state index is 0.979. The van der Waals surface area contributed by atoms with E-state index in [-0.39, 0.29) is 0 Å². The molecule has 0 saturated heterocycles. The van der Waals surface area contributed by atoms with E-state index in [1.165, 1.54) is 69.8 Å². The Balaban J connectivity index is 1.79. The van der Waals surface area contributed by atoms with Crippen molar-refractivity contribution in [2.75, 3.05) is 13.7 Å². The first kappa shape index (κ1) is 18.9. The van der Waals surface area contributed by atoms with Crippen LogP contribution in [0.1, 0.15) is 69.8 Å². The highest BCUT2D eigenvalue weighted by atomic mass is 16.6. The van der Waals surface area contributed by atoms with Crippen LogP contribution in [-0.2, 0) is 4.84 Å². The van der Waals surface area contributed by atoms with Gasteiger partial charge in [0.25, 0.3) is 0 Å². The molecule has 0 spiro atoms. The summed E-state index contributed by atoms with van der Waals surface area (Å²) in [5.41, 5.74) is 4.20. The number of allylic oxidation sites excluding steroid dienone is 1. The van der Waals surface area contributed by atoms with Gasteiger partial charge in [0.05, 0.1) is 7.11 Å². The maximum Gasteiger partial charge on any atom is 0.0572 e. The maximum atomic E-state index is 4.81. The van der Waals surface area contributed by atoms with Gasteiger partial charge in [0, 0.05) is 6.54 Å². The lowest BCUT2D eigenvalue weighted by atomic mass is 10.1. The van der Waals surface area contributed by atoms with Crippen molar-refractivity contribution >= 4 is 6.08 Å². The second-order valence-electron chi connectivity index (χ2n) is 5.88. The molecule has 2 nitrogen and oxygen atoms in total. The summed E-state index contributed by atoms with van der Waals surface area (Å²) in [7, 11) is 1.68. The molecule has 0 amide bonds. The van der Waals surface area contributed by atoms with Gasteiger partial charge in [-0.15, -0.1) is 0 Å². The number of nitrogens with one attached hydrogen (secondary N) is 1. The zero-order chi connectivity index (χ0) is 15.7. The van der Waals surface area contributed by atoms with E-state index in [1.54, 1.807) is 7.11 Å². The Kier molecular flexibility index (Phi) is 12.7. The van der Waals surface area contributed by atoms with E-state index < -0.39 is 0 Å². The highest BCUT2D eigenvalue weighted by molar-refractivity contribution is 5.48. The van der Waals surface area contributed by atoms with E-state index in [9.17, 15) is 0 Å². The van der Waals surface area contributed by atoms with Crippen molar-refractivity contribution in [2.24, 2.45) is 0 Å². The largest absolute Gasteiger partial charge is 0.305 e. The van der Waals surface area contributed by atoms with Gasteiger partial charge in [-0.2, -0.15) is 0 Å². The van der Waals surface area contributed by atoms with E-state index in [4.69, 9.17) is 4.84 Å². The molecular weight excluding hydrogens is 270 g/mol. The lowest BCUT2D eigenvalue weighted by Crippen LogP contribution is -2.12. The van der Waals surface area contributed by atoms with Crippen molar-refractivity contribution in [1.29, 1.82) is 0 Å². The second-order valence-corrected chi connectivity index (χ2v) is 5.88. The Morgan fingerprint density at radius 1 is 0.818 bits per heavy atom. The number of hydrogen-bond donors (Lipinski definition) is 1. The molecule has 0 radical (unpaired) electrons. The van der Waals surface area contributed by atoms with Gasteiger partial charge in [0.1, 0.15) is 0 Å². The Morgan fingerprint density at radius 2 is 1.41 bits per heavy atom. The fourth-order valence-electron chi connectivity index (χ4n) is 2.58. The molecule has 0 fully saturated rings. The Labute approximate surface area is 136 Å². The fourth-order valence-corrected chi connectivity index (χ4v) is 2.58. The van der Waals surface area contributed by atoms with Crippen LogP contribution in [0, 0.1) is 0 Å². The standard InChI is InChI=1S/C20H33NO/c1-22-21-19-15-10-8-6-4-2-3-5-7-9-12-16-20-17-13-11-14-18-20/h11-14,16-18,21H,2-10,15,19H2,1H3. The first-order valence-corrected chi connectivity index (χ1v) is 8.91. The van der Waals surface area contributed by atoms with Gasteiger partial charge in [0.15, 0.2) is 0 Å². The van der Waals surface area contributed by atoms with E-state index >= 15 is 0 Å². The van der Waals surface area contributed by atoms with Crippen LogP contribution in [0.5, 0.6) is 0 Å². The average Bonchev–Trinajstić information content (AvgIpc) is 2.56. The monoisotopic (exact) mass is 303 g/mol. The van der Waals surface area contributed by atoms with Crippen LogP contribution in [0.4, 0.5) is 0 Å². The minimum Gasteiger partial charge on any atom is -0.305 e. The van der Waals surface area contributed by atoms with Crippen LogP contribution < -0.4 is 5.48 Å². The third-order valence-corrected chi connectivity index (χ3v) is 3.90. The molecule has 0 aliphatic carbocycles. The predicted octanol–water partition coefficient (Wildman–Crippen LogP) is 5.75. The molecule has 1 aromatic rings. The lowest BCUT2D eigenvalue weighted by molar-refractivity contribution is 0.0904. The van der Waals surface area contributed by atoms with Gasteiger partial charge in [-0.1, -0.05) is 87.4 Å². The Hall–Kier alpha value is -1.12. The average molecular weight is 303 g/mol. The van der Waals surface area contributed by atoms with E-state index in [0.29, 0.717) is 0 Å². The first-order chi connectivity index (χ1) is 10.9. The van der Waals surface area contributed by atoms with Crippen LogP contribution in [0.2, 0.25) is 0 Å². The van der Waals surface area contributed by atoms with Crippen molar-refractivity contribution in [3.8, 4) is 0 Å². The second kappa shape index (κ2) is 14.8. The SMILES string of the molecule is CONCCCCCCCCCCCC=Cc1ccccc1. The van der Waals surface area contributed by atoms with Crippen LogP contribution in [0.15, 0.2) is 36.4 Å². The fraction of sp³-hybridized carbons (Fsp3) is 0.600. The van der Waals surface area contributed by atoms with Gasteiger partial charge in [-0.05, 0) is 24.8 Å². The third-order valence-electron chi connectivity index (χ3n) is 3.90. The molecule has 0 aliphatic rings. The third kappa shape index (κ3) is 11.5. The molecule has 2 heteroatoms. The molecule has 0 aromatic heterocycles. The molecule has 22 heavy (non-hydrogen) atoms. The first-order valence-electron chi connectivity index (χ1n) is 8.91. The summed E-state index contributed by atoms with van der Waals surface area (Å²) in [5.74, 6) is 0. The quantitative estimate of drug-likeness (QED) is 0.349. The van der Waals surface area contributed by atoms with E-state index in [1.807, 2.05) is 0 Å². The van der Waals surface area contributed by atoms with E-state index in [2.05, 4.69) is 48.0 Å². The van der Waals surface area contributed by atoms with Crippen LogP contribution >= 0.6 is 0 Å². The molecule has 0 saturated carbocycles. The lowest BCUT2D eigenvalue weighted by Gasteiger charge is -2.03. The normalized spacial score (nSPS) is 11.3. The summed E-state index contributed by atoms with van der Waals surface area (Å²) >= 11 is 0. The van der Waals surface area contributed by atoms with Gasteiger partial charge >= 0.3 is 0 Å². The topological polar surface area (TPSA) is 21.3 Å². The summed E-state index contributed by atoms with van der Waals surface area (Å²) in [5, 5.41) is 0. The Bertz CT molecular complexity index is 361. The van der Waals surface area contributed by atoms with Crippen LogP contribution in [-0.4, -0.2) is 13.7 Å². The molecule has 0 bridgehead atoms. The summed E-state index contributed by atoms with van der Waals surface area (Å²) < 4.78 is 0. The zero-order valence-corrected chi connectivity index (χ0v) is 14.2. The number of hydroxylamine groups is 1. The van der Waals surface area contributed by atoms with Crippen molar-refractivity contribution in [3.05, 3.63) is 42.0 Å². The zero-order valence-electron chi connectivity index (χ0n) is 14.2. The van der Waals surface area contributed by atoms with Crippen LogP contribution in [0.3, 0.4) is 0 Å². The predicted molar refractivity (Wildman–Crippen MR) is 96.7 cm³/mol. The summed E-state index contributed by atoms with van der Waals surface area (Å²) in [6.45, 7) is 0.979. The van der Waals surface area contributed by atoms with Crippen molar-refractivity contribution in [1.82, 2.24) is 5.48 Å². The number of unbranched alkanes of at least 4 members (excludes halogenated alkanes) is 9. The molecule has 0 heterocycles. The molecule has 1 N–H and O–H groups in total. The smallest absolute Gasteiger partial charge is 0.0572 e. The van der Waals surface area contributed by atoms with E-state index in [0.717, 1.165) is 6.54 Å². The van der Waals surface area contributed by atoms with Gasteiger partial charge in [-0.3, -0.25) is 0 Å². The maximum absolute atomic E-state index is 4.81. The molecule has 0 aliphatic heterocycles. The Morgan fingerprint density at radius 3 is 2.05 bits per heavy atom. The minimum atomic E-state index is 0.979. The number of rotatable bonds is 14. The summed E-state index contributed by atoms with van der Waals surface area (Å²) in [4.78, 5) is 4.81. The van der Waals surface area contributed by atoms with Crippen molar-refractivity contribution in [2.45, 2.75) is 64.2 Å². The van der Waals surface area contributed by atoms with Gasteiger partial charge in [0.2, 0.25) is 0 Å². The van der Waals surface area contributed by atoms with Gasteiger partial charge in [-0.25, -0.2) is 5.48 Å². The van der Waals surface area contributed by atoms with Gasteiger partial charge < -0.3 is 4.84 Å². The molecule has 124 valence electrons. The highest BCUT2D eigenvalue weighted by Gasteiger charge is 1.92. The molecule has 1 aromatic carbocycles. The molecule has 1 rings (SSSR count). The van der Waals surface area contributed by atoms with Crippen molar-refractivity contribution < 1.29 is 4.84 Å². The summed E-state index contributed by atoms with van der Waals surface area (Å²) in [6, 6.07) is 10.6. The van der Waals surface area contributed by atoms with Crippen molar-refractivity contribution in [3.63, 3.8) is 0 Å². The molecular formula is C20H33NO.